The smallest absolute Gasteiger partial charge is 0.226 e. The van der Waals surface area contributed by atoms with Crippen LogP contribution in [-0.2, 0) is 11.2 Å². The van der Waals surface area contributed by atoms with E-state index in [9.17, 15) is 4.79 Å². The lowest BCUT2D eigenvalue weighted by Crippen LogP contribution is -2.33. The van der Waals surface area contributed by atoms with Crippen LogP contribution in [0.5, 0.6) is 5.75 Å². The first kappa shape index (κ1) is 14.8. The SMILES string of the molecule is CCN(CCCCl)C(=O)Cc1cccc(OC)c1. The Morgan fingerprint density at radius 2 is 2.22 bits per heavy atom. The van der Waals surface area contributed by atoms with Gasteiger partial charge in [0.25, 0.3) is 0 Å². The highest BCUT2D eigenvalue weighted by atomic mass is 35.5. The molecule has 0 heterocycles. The summed E-state index contributed by atoms with van der Waals surface area (Å²) in [5.41, 5.74) is 0.976. The molecule has 0 saturated carbocycles. The van der Waals surface area contributed by atoms with Crippen LogP contribution in [0.3, 0.4) is 0 Å². The van der Waals surface area contributed by atoms with Crippen molar-refractivity contribution in [1.82, 2.24) is 4.90 Å². The fourth-order valence-electron chi connectivity index (χ4n) is 1.78. The number of hydrogen-bond acceptors (Lipinski definition) is 2. The Morgan fingerprint density at radius 1 is 1.44 bits per heavy atom. The van der Waals surface area contributed by atoms with E-state index in [0.717, 1.165) is 30.8 Å². The number of halogens is 1. The molecular weight excluding hydrogens is 250 g/mol. The van der Waals surface area contributed by atoms with Gasteiger partial charge in [-0.3, -0.25) is 4.79 Å². The van der Waals surface area contributed by atoms with Gasteiger partial charge in [0.15, 0.2) is 0 Å². The number of benzene rings is 1. The van der Waals surface area contributed by atoms with Crippen LogP contribution >= 0.6 is 11.6 Å². The molecule has 1 aromatic rings. The lowest BCUT2D eigenvalue weighted by Gasteiger charge is -2.20. The number of carbonyl (C=O) groups is 1. The average molecular weight is 270 g/mol. The number of alkyl halides is 1. The van der Waals surface area contributed by atoms with E-state index in [1.165, 1.54) is 0 Å². The third-order valence-corrected chi connectivity index (χ3v) is 3.05. The van der Waals surface area contributed by atoms with Crippen molar-refractivity contribution < 1.29 is 9.53 Å². The Bertz CT molecular complexity index is 382. The number of carbonyl (C=O) groups excluding carboxylic acids is 1. The molecule has 0 aromatic heterocycles. The van der Waals surface area contributed by atoms with Crippen molar-refractivity contribution in [3.63, 3.8) is 0 Å². The molecule has 0 N–H and O–H groups in total. The van der Waals surface area contributed by atoms with E-state index in [1.807, 2.05) is 36.1 Å². The number of amides is 1. The zero-order valence-corrected chi connectivity index (χ0v) is 11.7. The largest absolute Gasteiger partial charge is 0.497 e. The summed E-state index contributed by atoms with van der Waals surface area (Å²) in [7, 11) is 1.62. The van der Waals surface area contributed by atoms with Gasteiger partial charge < -0.3 is 9.64 Å². The minimum Gasteiger partial charge on any atom is -0.497 e. The molecule has 3 nitrogen and oxygen atoms in total. The molecule has 0 spiro atoms. The van der Waals surface area contributed by atoms with Gasteiger partial charge in [0.1, 0.15) is 5.75 Å². The van der Waals surface area contributed by atoms with Crippen LogP contribution < -0.4 is 4.74 Å². The maximum Gasteiger partial charge on any atom is 0.226 e. The lowest BCUT2D eigenvalue weighted by atomic mass is 10.1. The third-order valence-electron chi connectivity index (χ3n) is 2.79. The lowest BCUT2D eigenvalue weighted by molar-refractivity contribution is -0.130. The van der Waals surface area contributed by atoms with Gasteiger partial charge in [-0.05, 0) is 31.0 Å². The molecule has 0 radical (unpaired) electrons. The second-order valence-corrected chi connectivity index (χ2v) is 4.42. The standard InChI is InChI=1S/C14H20ClNO2/c1-3-16(9-5-8-15)14(17)11-12-6-4-7-13(10-12)18-2/h4,6-7,10H,3,5,8-9,11H2,1-2H3. The first-order valence-electron chi connectivity index (χ1n) is 6.18. The molecule has 0 atom stereocenters. The summed E-state index contributed by atoms with van der Waals surface area (Å²) in [5.74, 6) is 1.50. The quantitative estimate of drug-likeness (QED) is 0.713. The van der Waals surface area contributed by atoms with Crippen LogP contribution in [0.1, 0.15) is 18.9 Å². The molecular formula is C14H20ClNO2. The Balaban J connectivity index is 2.61. The highest BCUT2D eigenvalue weighted by molar-refractivity contribution is 6.17. The Kier molecular flexibility index (Phi) is 6.58. The molecule has 18 heavy (non-hydrogen) atoms. The van der Waals surface area contributed by atoms with Crippen LogP contribution in [0.25, 0.3) is 0 Å². The second-order valence-electron chi connectivity index (χ2n) is 4.04. The van der Waals surface area contributed by atoms with E-state index >= 15 is 0 Å². The van der Waals surface area contributed by atoms with Crippen LogP contribution in [-0.4, -0.2) is 36.9 Å². The fourth-order valence-corrected chi connectivity index (χ4v) is 1.90. The Morgan fingerprint density at radius 3 is 2.83 bits per heavy atom. The average Bonchev–Trinajstić information content (AvgIpc) is 2.40. The van der Waals surface area contributed by atoms with E-state index in [0.29, 0.717) is 12.3 Å². The highest BCUT2D eigenvalue weighted by Gasteiger charge is 2.12. The van der Waals surface area contributed by atoms with Crippen LogP contribution in [0.15, 0.2) is 24.3 Å². The Hall–Kier alpha value is -1.22. The topological polar surface area (TPSA) is 29.5 Å². The summed E-state index contributed by atoms with van der Waals surface area (Å²) in [6.45, 7) is 3.43. The van der Waals surface area contributed by atoms with Gasteiger partial charge in [0, 0.05) is 19.0 Å². The molecule has 1 amide bonds. The predicted molar refractivity (Wildman–Crippen MR) is 74.3 cm³/mol. The zero-order chi connectivity index (χ0) is 13.4. The Labute approximate surface area is 114 Å². The number of ether oxygens (including phenoxy) is 1. The molecule has 0 aliphatic heterocycles. The molecule has 0 saturated heterocycles. The number of rotatable bonds is 7. The summed E-state index contributed by atoms with van der Waals surface area (Å²) in [4.78, 5) is 13.9. The number of hydrogen-bond donors (Lipinski definition) is 0. The normalized spacial score (nSPS) is 10.2. The third kappa shape index (κ3) is 4.57. The first-order chi connectivity index (χ1) is 8.71. The van der Waals surface area contributed by atoms with Crippen LogP contribution in [0.4, 0.5) is 0 Å². The maximum atomic E-state index is 12.1. The van der Waals surface area contributed by atoms with Crippen molar-refractivity contribution >= 4 is 17.5 Å². The highest BCUT2D eigenvalue weighted by Crippen LogP contribution is 2.13. The summed E-state index contributed by atoms with van der Waals surface area (Å²) in [6.07, 6.45) is 1.24. The van der Waals surface area contributed by atoms with Crippen LogP contribution in [0, 0.1) is 0 Å². The number of methoxy groups -OCH3 is 1. The van der Waals surface area contributed by atoms with Crippen molar-refractivity contribution in [2.24, 2.45) is 0 Å². The van der Waals surface area contributed by atoms with E-state index < -0.39 is 0 Å². The fraction of sp³-hybridized carbons (Fsp3) is 0.500. The van der Waals surface area contributed by atoms with Crippen molar-refractivity contribution in [3.05, 3.63) is 29.8 Å². The molecule has 0 fully saturated rings. The van der Waals surface area contributed by atoms with E-state index in [-0.39, 0.29) is 5.91 Å². The van der Waals surface area contributed by atoms with Gasteiger partial charge >= 0.3 is 0 Å². The van der Waals surface area contributed by atoms with E-state index in [1.54, 1.807) is 7.11 Å². The summed E-state index contributed by atoms with van der Waals surface area (Å²) in [5, 5.41) is 0. The van der Waals surface area contributed by atoms with Gasteiger partial charge in [-0.15, -0.1) is 11.6 Å². The molecule has 100 valence electrons. The molecule has 0 aliphatic carbocycles. The van der Waals surface area contributed by atoms with Crippen molar-refractivity contribution in [2.45, 2.75) is 19.8 Å². The van der Waals surface area contributed by atoms with Crippen molar-refractivity contribution in [1.29, 1.82) is 0 Å². The first-order valence-corrected chi connectivity index (χ1v) is 6.71. The summed E-state index contributed by atoms with van der Waals surface area (Å²) >= 11 is 5.65. The molecule has 0 bridgehead atoms. The minimum atomic E-state index is 0.135. The van der Waals surface area contributed by atoms with Gasteiger partial charge in [-0.1, -0.05) is 12.1 Å². The molecule has 1 aromatic carbocycles. The van der Waals surface area contributed by atoms with Gasteiger partial charge in [0.2, 0.25) is 5.91 Å². The molecule has 1 rings (SSSR count). The monoisotopic (exact) mass is 269 g/mol. The molecule has 4 heteroatoms. The molecule has 0 aliphatic rings. The van der Waals surface area contributed by atoms with Crippen molar-refractivity contribution in [2.75, 3.05) is 26.1 Å². The second kappa shape index (κ2) is 7.98. The van der Waals surface area contributed by atoms with Gasteiger partial charge in [-0.2, -0.15) is 0 Å². The van der Waals surface area contributed by atoms with E-state index in [2.05, 4.69) is 0 Å². The molecule has 0 unspecified atom stereocenters. The summed E-state index contributed by atoms with van der Waals surface area (Å²) in [6, 6.07) is 7.61. The van der Waals surface area contributed by atoms with E-state index in [4.69, 9.17) is 16.3 Å². The minimum absolute atomic E-state index is 0.135. The maximum absolute atomic E-state index is 12.1. The predicted octanol–water partition coefficient (Wildman–Crippen LogP) is 2.72. The zero-order valence-electron chi connectivity index (χ0n) is 11.0. The van der Waals surface area contributed by atoms with Crippen LogP contribution in [0.2, 0.25) is 0 Å². The number of likely N-dealkylation sites (N-methyl/N-ethyl adjacent to an activating group) is 1. The summed E-state index contributed by atoms with van der Waals surface area (Å²) < 4.78 is 5.15. The van der Waals surface area contributed by atoms with Crippen molar-refractivity contribution in [3.8, 4) is 5.75 Å². The van der Waals surface area contributed by atoms with Gasteiger partial charge in [-0.25, -0.2) is 0 Å². The number of nitrogens with zero attached hydrogens (tertiary/aromatic N) is 1. The van der Waals surface area contributed by atoms with Gasteiger partial charge in [0.05, 0.1) is 13.5 Å².